The number of hydrogen-bond acceptors (Lipinski definition) is 4. The van der Waals surface area contributed by atoms with Crippen LogP contribution in [0.3, 0.4) is 0 Å². The van der Waals surface area contributed by atoms with Gasteiger partial charge in [-0.25, -0.2) is 9.78 Å². The van der Waals surface area contributed by atoms with Crippen molar-refractivity contribution in [3.63, 3.8) is 0 Å². The zero-order valence-corrected chi connectivity index (χ0v) is 9.90. The topological polar surface area (TPSA) is 73.2 Å². The van der Waals surface area contributed by atoms with Crippen molar-refractivity contribution in [2.75, 3.05) is 13.7 Å². The lowest BCUT2D eigenvalue weighted by Gasteiger charge is -2.08. The first-order valence-corrected chi connectivity index (χ1v) is 5.08. The number of esters is 1. The van der Waals surface area contributed by atoms with Crippen LogP contribution in [0.5, 0.6) is 0 Å². The highest BCUT2D eigenvalue weighted by atomic mass is 16.5. The quantitative estimate of drug-likeness (QED) is 0.589. The second-order valence-electron chi connectivity index (χ2n) is 3.36. The Morgan fingerprint density at radius 1 is 1.65 bits per heavy atom. The summed E-state index contributed by atoms with van der Waals surface area (Å²) < 4.78 is 6.11. The van der Waals surface area contributed by atoms with Gasteiger partial charge in [0.15, 0.2) is 0 Å². The Balaban J connectivity index is 2.82. The number of aryl methyl sites for hydroxylation is 1. The monoisotopic (exact) mass is 237 g/mol. The van der Waals surface area contributed by atoms with E-state index in [1.807, 2.05) is 0 Å². The van der Waals surface area contributed by atoms with Crippen molar-refractivity contribution in [3.05, 3.63) is 30.4 Å². The molecular formula is C11H15N3O3. The fourth-order valence-corrected chi connectivity index (χ4v) is 1.32. The number of nitrogens with one attached hydrogen (secondary N) is 1. The summed E-state index contributed by atoms with van der Waals surface area (Å²) in [5, 5.41) is 2.62. The van der Waals surface area contributed by atoms with Gasteiger partial charge in [-0.3, -0.25) is 4.79 Å². The van der Waals surface area contributed by atoms with Gasteiger partial charge in [0.2, 0.25) is 5.91 Å². The summed E-state index contributed by atoms with van der Waals surface area (Å²) in [4.78, 5) is 26.9. The van der Waals surface area contributed by atoms with E-state index in [0.717, 1.165) is 0 Å². The van der Waals surface area contributed by atoms with Gasteiger partial charge >= 0.3 is 5.97 Å². The number of nitrogens with zero attached hydrogens (tertiary/aromatic N) is 2. The number of aromatic nitrogens is 2. The Morgan fingerprint density at radius 3 is 2.94 bits per heavy atom. The zero-order chi connectivity index (χ0) is 12.8. The molecule has 1 aromatic rings. The molecule has 0 spiro atoms. The predicted molar refractivity (Wildman–Crippen MR) is 61.5 cm³/mol. The number of rotatable bonds is 5. The second-order valence-corrected chi connectivity index (χ2v) is 3.36. The van der Waals surface area contributed by atoms with E-state index in [1.54, 1.807) is 13.0 Å². The van der Waals surface area contributed by atoms with Crippen LogP contribution in [-0.4, -0.2) is 35.1 Å². The summed E-state index contributed by atoms with van der Waals surface area (Å²) in [6, 6.07) is 0. The number of imidazole rings is 1. The van der Waals surface area contributed by atoms with Crippen LogP contribution in [0.1, 0.15) is 16.3 Å². The van der Waals surface area contributed by atoms with Crippen LogP contribution in [-0.2, 0) is 16.1 Å². The van der Waals surface area contributed by atoms with Gasteiger partial charge in [-0.2, -0.15) is 0 Å². The van der Waals surface area contributed by atoms with Crippen LogP contribution < -0.4 is 5.32 Å². The van der Waals surface area contributed by atoms with E-state index in [1.165, 1.54) is 17.9 Å². The fourth-order valence-electron chi connectivity index (χ4n) is 1.32. The molecular weight excluding hydrogens is 222 g/mol. The van der Waals surface area contributed by atoms with Crippen molar-refractivity contribution in [2.45, 2.75) is 13.5 Å². The lowest BCUT2D eigenvalue weighted by molar-refractivity contribution is -0.121. The third kappa shape index (κ3) is 3.17. The maximum atomic E-state index is 11.5. The molecule has 1 amide bonds. The molecule has 0 aliphatic carbocycles. The molecule has 0 radical (unpaired) electrons. The standard InChI is InChI=1S/C11H15N3O3/c1-4-5-12-10(15)7-14-8(2)13-6-9(14)11(16)17-3/h4,6H,1,5,7H2,2-3H3,(H,12,15). The van der Waals surface area contributed by atoms with Gasteiger partial charge < -0.3 is 14.6 Å². The molecule has 0 unspecified atom stereocenters. The molecule has 6 heteroatoms. The normalized spacial score (nSPS) is 9.76. The highest BCUT2D eigenvalue weighted by molar-refractivity contribution is 5.88. The molecule has 92 valence electrons. The minimum Gasteiger partial charge on any atom is -0.464 e. The maximum Gasteiger partial charge on any atom is 0.356 e. The van der Waals surface area contributed by atoms with E-state index in [0.29, 0.717) is 12.4 Å². The number of hydrogen-bond donors (Lipinski definition) is 1. The fraction of sp³-hybridized carbons (Fsp3) is 0.364. The minimum atomic E-state index is -0.512. The van der Waals surface area contributed by atoms with Crippen LogP contribution in [0, 0.1) is 6.92 Å². The van der Waals surface area contributed by atoms with E-state index in [4.69, 9.17) is 0 Å². The van der Waals surface area contributed by atoms with E-state index >= 15 is 0 Å². The lowest BCUT2D eigenvalue weighted by atomic mass is 10.4. The number of methoxy groups -OCH3 is 1. The highest BCUT2D eigenvalue weighted by Crippen LogP contribution is 2.06. The summed E-state index contributed by atoms with van der Waals surface area (Å²) in [5.74, 6) is -0.141. The van der Waals surface area contributed by atoms with Crippen molar-refractivity contribution in [2.24, 2.45) is 0 Å². The Bertz CT molecular complexity index is 437. The summed E-state index contributed by atoms with van der Waals surface area (Å²) in [5.41, 5.74) is 0.263. The third-order valence-electron chi connectivity index (χ3n) is 2.19. The Kier molecular flexibility index (Phi) is 4.45. The first-order chi connectivity index (χ1) is 8.10. The molecule has 6 nitrogen and oxygen atoms in total. The molecule has 1 heterocycles. The first kappa shape index (κ1) is 13.0. The summed E-state index contributed by atoms with van der Waals surface area (Å²) >= 11 is 0. The molecule has 1 N–H and O–H groups in total. The van der Waals surface area contributed by atoms with E-state index in [2.05, 4.69) is 21.6 Å². The molecule has 0 aliphatic rings. The molecule has 0 fully saturated rings. The van der Waals surface area contributed by atoms with Gasteiger partial charge in [-0.05, 0) is 6.92 Å². The molecule has 0 saturated heterocycles. The summed E-state index contributed by atoms with van der Waals surface area (Å²) in [6.45, 7) is 5.63. The average molecular weight is 237 g/mol. The minimum absolute atomic E-state index is 0.0319. The number of ether oxygens (including phenoxy) is 1. The van der Waals surface area contributed by atoms with Crippen LogP contribution in [0.15, 0.2) is 18.9 Å². The molecule has 0 saturated carbocycles. The van der Waals surface area contributed by atoms with E-state index in [-0.39, 0.29) is 18.1 Å². The smallest absolute Gasteiger partial charge is 0.356 e. The summed E-state index contributed by atoms with van der Waals surface area (Å²) in [6.07, 6.45) is 2.97. The molecule has 1 rings (SSSR count). The molecule has 0 aliphatic heterocycles. The number of carbonyl (C=O) groups excluding carboxylic acids is 2. The van der Waals surface area contributed by atoms with Gasteiger partial charge in [-0.15, -0.1) is 6.58 Å². The molecule has 0 bridgehead atoms. The van der Waals surface area contributed by atoms with E-state index < -0.39 is 5.97 Å². The van der Waals surface area contributed by atoms with Crippen molar-refractivity contribution in [1.29, 1.82) is 0 Å². The molecule has 0 aromatic carbocycles. The Morgan fingerprint density at radius 2 is 2.35 bits per heavy atom. The molecule has 0 atom stereocenters. The SMILES string of the molecule is C=CCNC(=O)Cn1c(C(=O)OC)cnc1C. The van der Waals surface area contributed by atoms with Gasteiger partial charge in [0.05, 0.1) is 13.3 Å². The second kappa shape index (κ2) is 5.83. The van der Waals surface area contributed by atoms with Crippen LogP contribution in [0.2, 0.25) is 0 Å². The van der Waals surface area contributed by atoms with Gasteiger partial charge in [0, 0.05) is 6.54 Å². The van der Waals surface area contributed by atoms with Crippen LogP contribution in [0.4, 0.5) is 0 Å². The predicted octanol–water partition coefficient (Wildman–Crippen LogP) is 0.280. The Labute approximate surface area is 99.3 Å². The van der Waals surface area contributed by atoms with Crippen molar-refractivity contribution in [1.82, 2.24) is 14.9 Å². The molecule has 17 heavy (non-hydrogen) atoms. The Hall–Kier alpha value is -2.11. The van der Waals surface area contributed by atoms with Gasteiger partial charge in [0.25, 0.3) is 0 Å². The van der Waals surface area contributed by atoms with Gasteiger partial charge in [0.1, 0.15) is 18.1 Å². The zero-order valence-electron chi connectivity index (χ0n) is 9.90. The van der Waals surface area contributed by atoms with Crippen molar-refractivity contribution >= 4 is 11.9 Å². The van der Waals surface area contributed by atoms with E-state index in [9.17, 15) is 9.59 Å². The van der Waals surface area contributed by atoms with Crippen molar-refractivity contribution in [3.8, 4) is 0 Å². The maximum absolute atomic E-state index is 11.5. The van der Waals surface area contributed by atoms with Crippen molar-refractivity contribution < 1.29 is 14.3 Å². The van der Waals surface area contributed by atoms with Crippen LogP contribution in [0.25, 0.3) is 0 Å². The average Bonchev–Trinajstić information content (AvgIpc) is 2.67. The third-order valence-corrected chi connectivity index (χ3v) is 2.19. The lowest BCUT2D eigenvalue weighted by Crippen LogP contribution is -2.29. The van der Waals surface area contributed by atoms with Gasteiger partial charge in [-0.1, -0.05) is 6.08 Å². The first-order valence-electron chi connectivity index (χ1n) is 5.08. The largest absolute Gasteiger partial charge is 0.464 e. The number of carbonyl (C=O) groups is 2. The molecule has 1 aromatic heterocycles. The van der Waals surface area contributed by atoms with Crippen LogP contribution >= 0.6 is 0 Å². The number of amides is 1. The summed E-state index contributed by atoms with van der Waals surface area (Å²) in [7, 11) is 1.28. The highest BCUT2D eigenvalue weighted by Gasteiger charge is 2.16.